The molecule has 134 valence electrons. The van der Waals surface area contributed by atoms with Crippen LogP contribution in [0.25, 0.3) is 10.2 Å². The highest BCUT2D eigenvalue weighted by molar-refractivity contribution is 7.18. The van der Waals surface area contributed by atoms with Crippen molar-refractivity contribution in [3.8, 4) is 0 Å². The van der Waals surface area contributed by atoms with Crippen LogP contribution in [0.2, 0.25) is 0 Å². The first kappa shape index (κ1) is 17.4. The van der Waals surface area contributed by atoms with Gasteiger partial charge in [-0.1, -0.05) is 6.07 Å². The van der Waals surface area contributed by atoms with Crippen LogP contribution < -0.4 is 10.8 Å². The van der Waals surface area contributed by atoms with Gasteiger partial charge in [0.2, 0.25) is 0 Å². The summed E-state index contributed by atoms with van der Waals surface area (Å²) in [5.74, 6) is 0. The minimum Gasteiger partial charge on any atom is -0.399 e. The van der Waals surface area contributed by atoms with Gasteiger partial charge in [0.15, 0.2) is 0 Å². The fourth-order valence-electron chi connectivity index (χ4n) is 3.16. The SMILES string of the molecule is CC1(c2nc3cc(B4OC(C)(C)C(C)(C)O4)ccc3s2)CNCCO1. The lowest BCUT2D eigenvalue weighted by Crippen LogP contribution is -2.45. The third-order valence-corrected chi connectivity index (χ3v) is 6.83. The summed E-state index contributed by atoms with van der Waals surface area (Å²) in [4.78, 5) is 4.86. The molecule has 0 saturated carbocycles. The van der Waals surface area contributed by atoms with Gasteiger partial charge in [0.05, 0.1) is 28.0 Å². The smallest absolute Gasteiger partial charge is 0.399 e. The number of nitrogens with zero attached hydrogens (tertiary/aromatic N) is 1. The van der Waals surface area contributed by atoms with E-state index in [4.69, 9.17) is 19.0 Å². The molecule has 2 aliphatic rings. The van der Waals surface area contributed by atoms with Crippen LogP contribution in [0.15, 0.2) is 18.2 Å². The first-order valence-electron chi connectivity index (χ1n) is 8.82. The molecule has 0 amide bonds. The number of fused-ring (bicyclic) bond motifs is 1. The van der Waals surface area contributed by atoms with Crippen LogP contribution in [0.1, 0.15) is 39.6 Å². The van der Waals surface area contributed by atoms with Gasteiger partial charge in [0, 0.05) is 13.1 Å². The Morgan fingerprint density at radius 3 is 2.48 bits per heavy atom. The van der Waals surface area contributed by atoms with E-state index in [1.165, 1.54) is 0 Å². The summed E-state index contributed by atoms with van der Waals surface area (Å²) >= 11 is 1.70. The van der Waals surface area contributed by atoms with Crippen molar-refractivity contribution in [1.29, 1.82) is 0 Å². The molecule has 4 rings (SSSR count). The maximum atomic E-state index is 6.16. The second kappa shape index (κ2) is 5.76. The van der Waals surface area contributed by atoms with E-state index in [9.17, 15) is 0 Å². The molecule has 5 nitrogen and oxygen atoms in total. The van der Waals surface area contributed by atoms with Gasteiger partial charge in [-0.2, -0.15) is 0 Å². The normalized spacial score (nSPS) is 28.6. The van der Waals surface area contributed by atoms with Crippen molar-refractivity contribution in [1.82, 2.24) is 10.3 Å². The van der Waals surface area contributed by atoms with Gasteiger partial charge in [-0.3, -0.25) is 0 Å². The number of ether oxygens (including phenoxy) is 1. The predicted octanol–water partition coefficient (Wildman–Crippen LogP) is 2.43. The van der Waals surface area contributed by atoms with E-state index < -0.39 is 0 Å². The number of aromatic nitrogens is 1. The number of morpholine rings is 1. The predicted molar refractivity (Wildman–Crippen MR) is 102 cm³/mol. The maximum absolute atomic E-state index is 6.16. The molecule has 2 fully saturated rings. The summed E-state index contributed by atoms with van der Waals surface area (Å²) in [6.45, 7) is 12.8. The highest BCUT2D eigenvalue weighted by atomic mass is 32.1. The summed E-state index contributed by atoms with van der Waals surface area (Å²) < 4.78 is 19.5. The monoisotopic (exact) mass is 360 g/mol. The zero-order valence-electron chi connectivity index (χ0n) is 15.5. The number of benzene rings is 1. The van der Waals surface area contributed by atoms with Crippen LogP contribution in [0.4, 0.5) is 0 Å². The number of thiazole rings is 1. The molecule has 0 aliphatic carbocycles. The lowest BCUT2D eigenvalue weighted by molar-refractivity contribution is -0.0571. The Morgan fingerprint density at radius 1 is 1.12 bits per heavy atom. The summed E-state index contributed by atoms with van der Waals surface area (Å²) in [6, 6.07) is 6.27. The van der Waals surface area contributed by atoms with Crippen LogP contribution in [0.3, 0.4) is 0 Å². The molecular formula is C18H25BN2O3S. The van der Waals surface area contributed by atoms with Crippen molar-refractivity contribution in [2.45, 2.75) is 51.4 Å². The number of hydrogen-bond donors (Lipinski definition) is 1. The minimum atomic E-state index is -0.359. The van der Waals surface area contributed by atoms with Crippen molar-refractivity contribution in [3.63, 3.8) is 0 Å². The molecule has 3 heterocycles. The fourth-order valence-corrected chi connectivity index (χ4v) is 4.20. The molecule has 2 saturated heterocycles. The standard InChI is InChI=1S/C18H25BN2O3S/c1-16(2)17(3,4)24-19(23-16)12-6-7-14-13(10-12)21-15(25-14)18(5)11-20-8-9-22-18/h6-7,10,20H,8-9,11H2,1-5H3. The molecule has 1 aromatic carbocycles. The molecule has 25 heavy (non-hydrogen) atoms. The topological polar surface area (TPSA) is 52.6 Å². The Labute approximate surface area is 153 Å². The first-order valence-corrected chi connectivity index (χ1v) is 9.63. The van der Waals surface area contributed by atoms with Gasteiger partial charge in [0.1, 0.15) is 10.6 Å². The third kappa shape index (κ3) is 2.92. The van der Waals surface area contributed by atoms with E-state index in [0.29, 0.717) is 6.61 Å². The van der Waals surface area contributed by atoms with Crippen molar-refractivity contribution in [3.05, 3.63) is 23.2 Å². The zero-order chi connectivity index (χ0) is 17.9. The van der Waals surface area contributed by atoms with Crippen molar-refractivity contribution < 1.29 is 14.0 Å². The molecule has 7 heteroatoms. The van der Waals surface area contributed by atoms with Gasteiger partial charge in [-0.25, -0.2) is 4.98 Å². The molecule has 2 aromatic rings. The summed E-state index contributed by atoms with van der Waals surface area (Å²) in [5.41, 5.74) is 0.953. The summed E-state index contributed by atoms with van der Waals surface area (Å²) in [6.07, 6.45) is 0. The zero-order valence-corrected chi connectivity index (χ0v) is 16.3. The first-order chi connectivity index (χ1) is 11.7. The van der Waals surface area contributed by atoms with Crippen molar-refractivity contribution in [2.75, 3.05) is 19.7 Å². The second-order valence-corrected chi connectivity index (χ2v) is 9.12. The van der Waals surface area contributed by atoms with Gasteiger partial charge in [-0.15, -0.1) is 11.3 Å². The molecule has 2 aliphatic heterocycles. The lowest BCUT2D eigenvalue weighted by Gasteiger charge is -2.32. The van der Waals surface area contributed by atoms with E-state index in [1.54, 1.807) is 11.3 Å². The Hall–Kier alpha value is -0.985. The van der Waals surface area contributed by atoms with E-state index >= 15 is 0 Å². The van der Waals surface area contributed by atoms with E-state index in [2.05, 4.69) is 58.1 Å². The number of rotatable bonds is 2. The molecule has 1 unspecified atom stereocenters. The Bertz CT molecular complexity index is 783. The molecule has 0 bridgehead atoms. The molecule has 0 spiro atoms. The van der Waals surface area contributed by atoms with Gasteiger partial charge < -0.3 is 19.4 Å². The van der Waals surface area contributed by atoms with Crippen LogP contribution in [0, 0.1) is 0 Å². The molecular weight excluding hydrogens is 335 g/mol. The average molecular weight is 360 g/mol. The average Bonchev–Trinajstić information content (AvgIpc) is 3.06. The molecule has 1 aromatic heterocycles. The van der Waals surface area contributed by atoms with E-state index in [0.717, 1.165) is 33.8 Å². The summed E-state index contributed by atoms with van der Waals surface area (Å²) in [5, 5.41) is 4.41. The van der Waals surface area contributed by atoms with Crippen molar-refractivity contribution in [2.24, 2.45) is 0 Å². The highest BCUT2D eigenvalue weighted by Gasteiger charge is 2.51. The molecule has 1 N–H and O–H groups in total. The number of hydrogen-bond acceptors (Lipinski definition) is 6. The Morgan fingerprint density at radius 2 is 1.84 bits per heavy atom. The van der Waals surface area contributed by atoms with E-state index in [1.807, 2.05) is 0 Å². The molecule has 1 atom stereocenters. The quantitative estimate of drug-likeness (QED) is 0.834. The van der Waals surface area contributed by atoms with Gasteiger partial charge in [-0.05, 0) is 52.2 Å². The van der Waals surface area contributed by atoms with Crippen LogP contribution in [0.5, 0.6) is 0 Å². The highest BCUT2D eigenvalue weighted by Crippen LogP contribution is 2.37. The minimum absolute atomic E-state index is 0.338. The third-order valence-electron chi connectivity index (χ3n) is 5.55. The molecule has 0 radical (unpaired) electrons. The van der Waals surface area contributed by atoms with Crippen LogP contribution >= 0.6 is 11.3 Å². The lowest BCUT2D eigenvalue weighted by atomic mass is 9.79. The fraction of sp³-hybridized carbons (Fsp3) is 0.611. The van der Waals surface area contributed by atoms with Gasteiger partial charge >= 0.3 is 7.12 Å². The second-order valence-electron chi connectivity index (χ2n) is 8.09. The number of nitrogens with one attached hydrogen (secondary N) is 1. The largest absolute Gasteiger partial charge is 0.494 e. The van der Waals surface area contributed by atoms with Crippen LogP contribution in [-0.2, 0) is 19.6 Å². The Kier molecular flexibility index (Phi) is 4.01. The van der Waals surface area contributed by atoms with Crippen molar-refractivity contribution >= 4 is 34.1 Å². The van der Waals surface area contributed by atoms with Crippen LogP contribution in [-0.4, -0.2) is 43.0 Å². The van der Waals surface area contributed by atoms with Gasteiger partial charge in [0.25, 0.3) is 0 Å². The van der Waals surface area contributed by atoms with E-state index in [-0.39, 0.29) is 23.9 Å². The summed E-state index contributed by atoms with van der Waals surface area (Å²) in [7, 11) is -0.359. The maximum Gasteiger partial charge on any atom is 0.494 e. The Balaban J connectivity index is 1.65.